The molecule has 0 spiro atoms. The number of hydrogen-bond acceptors (Lipinski definition) is 6. The number of carbonyl (C=O) groups excluding carboxylic acids is 1. The molecule has 0 bridgehead atoms. The Morgan fingerprint density at radius 3 is 2.59 bits per heavy atom. The largest absolute Gasteiger partial charge is 0.497 e. The predicted octanol–water partition coefficient (Wildman–Crippen LogP) is 5.18. The van der Waals surface area contributed by atoms with Crippen LogP contribution in [0.25, 0.3) is 6.08 Å². The number of benzene rings is 2. The van der Waals surface area contributed by atoms with Crippen LogP contribution in [0.1, 0.15) is 19.4 Å². The molecule has 0 aliphatic carbocycles. The Kier molecular flexibility index (Phi) is 7.98. The van der Waals surface area contributed by atoms with E-state index in [1.54, 1.807) is 36.3 Å². The van der Waals surface area contributed by atoms with Crippen LogP contribution < -0.4 is 9.47 Å². The maximum atomic E-state index is 13.2. The Morgan fingerprint density at radius 2 is 1.97 bits per heavy atom. The van der Waals surface area contributed by atoms with Crippen LogP contribution in [-0.2, 0) is 9.59 Å². The highest BCUT2D eigenvalue weighted by molar-refractivity contribution is 9.10. The van der Waals surface area contributed by atoms with Gasteiger partial charge in [0.05, 0.1) is 17.7 Å². The van der Waals surface area contributed by atoms with Crippen molar-refractivity contribution in [2.75, 3.05) is 20.3 Å². The number of thioether (sulfide) groups is 1. The van der Waals surface area contributed by atoms with E-state index in [0.717, 1.165) is 10.2 Å². The van der Waals surface area contributed by atoms with Gasteiger partial charge in [0, 0.05) is 16.6 Å². The number of carboxylic acid groups (broad SMARTS) is 1. The smallest absolute Gasteiger partial charge is 0.341 e. The zero-order valence-electron chi connectivity index (χ0n) is 17.9. The first-order valence-electron chi connectivity index (χ1n) is 9.85. The molecule has 0 atom stereocenters. The summed E-state index contributed by atoms with van der Waals surface area (Å²) in [4.78, 5) is 30.9. The molecule has 1 aliphatic rings. The molecule has 1 amide bonds. The highest BCUT2D eigenvalue weighted by Gasteiger charge is 2.34. The summed E-state index contributed by atoms with van der Waals surface area (Å²) in [5.74, 6) is 0.134. The molecule has 0 saturated carbocycles. The van der Waals surface area contributed by atoms with E-state index < -0.39 is 12.6 Å². The predicted molar refractivity (Wildman–Crippen MR) is 129 cm³/mol. The van der Waals surface area contributed by atoms with Crippen molar-refractivity contribution in [1.29, 1.82) is 0 Å². The van der Waals surface area contributed by atoms with Crippen LogP contribution in [0.4, 0.5) is 5.69 Å². The number of rotatable bonds is 8. The van der Waals surface area contributed by atoms with E-state index >= 15 is 0 Å². The molecule has 2 aromatic rings. The Balaban J connectivity index is 1.96. The van der Waals surface area contributed by atoms with Crippen molar-refractivity contribution >= 4 is 56.5 Å². The lowest BCUT2D eigenvalue weighted by Crippen LogP contribution is -2.32. The normalized spacial score (nSPS) is 16.3. The SMILES string of the molecule is COc1ccc(N=C2SC(=Cc3cc(Br)ccc3OCC(=O)O)C(=O)N2CC(C)C)cc1. The third-order valence-electron chi connectivity index (χ3n) is 4.34. The molecule has 9 heteroatoms. The van der Waals surface area contributed by atoms with E-state index in [0.29, 0.717) is 33.6 Å². The van der Waals surface area contributed by atoms with Crippen molar-refractivity contribution in [2.24, 2.45) is 10.9 Å². The second-order valence-electron chi connectivity index (χ2n) is 7.38. The van der Waals surface area contributed by atoms with E-state index in [4.69, 9.17) is 14.6 Å². The molecule has 1 saturated heterocycles. The fourth-order valence-corrected chi connectivity index (χ4v) is 4.31. The van der Waals surface area contributed by atoms with Gasteiger partial charge in [-0.1, -0.05) is 29.8 Å². The van der Waals surface area contributed by atoms with Crippen LogP contribution in [-0.4, -0.2) is 47.3 Å². The van der Waals surface area contributed by atoms with Gasteiger partial charge < -0.3 is 14.6 Å². The number of aliphatic carboxylic acids is 1. The van der Waals surface area contributed by atoms with Crippen LogP contribution in [0, 0.1) is 5.92 Å². The topological polar surface area (TPSA) is 88.4 Å². The molecule has 2 aromatic carbocycles. The monoisotopic (exact) mass is 518 g/mol. The molecule has 0 unspecified atom stereocenters. The molecule has 1 fully saturated rings. The number of amidine groups is 1. The second-order valence-corrected chi connectivity index (χ2v) is 9.30. The molecule has 1 aliphatic heterocycles. The standard InChI is InChI=1S/C23H23BrN2O5S/c1-14(2)12-26-22(29)20(32-23(26)25-17-5-7-18(30-3)8-6-17)11-15-10-16(24)4-9-19(15)31-13-21(27)28/h4-11,14H,12-13H2,1-3H3,(H,27,28). The van der Waals surface area contributed by atoms with Gasteiger partial charge in [-0.3, -0.25) is 9.69 Å². The van der Waals surface area contributed by atoms with Crippen molar-refractivity contribution in [3.8, 4) is 11.5 Å². The first-order chi connectivity index (χ1) is 15.3. The van der Waals surface area contributed by atoms with Gasteiger partial charge in [-0.15, -0.1) is 0 Å². The zero-order chi connectivity index (χ0) is 23.3. The molecular weight excluding hydrogens is 496 g/mol. The fraction of sp³-hybridized carbons (Fsp3) is 0.261. The van der Waals surface area contributed by atoms with Gasteiger partial charge in [0.2, 0.25) is 0 Å². The fourth-order valence-electron chi connectivity index (χ4n) is 2.93. The number of methoxy groups -OCH3 is 1. The lowest BCUT2D eigenvalue weighted by Gasteiger charge is -2.17. The summed E-state index contributed by atoms with van der Waals surface area (Å²) in [6.45, 7) is 4.13. The van der Waals surface area contributed by atoms with Crippen LogP contribution in [0.15, 0.2) is 56.8 Å². The van der Waals surface area contributed by atoms with Crippen molar-refractivity contribution in [3.63, 3.8) is 0 Å². The number of nitrogens with zero attached hydrogens (tertiary/aromatic N) is 2. The number of carbonyl (C=O) groups is 2. The maximum Gasteiger partial charge on any atom is 0.341 e. The minimum Gasteiger partial charge on any atom is -0.497 e. The van der Waals surface area contributed by atoms with E-state index in [1.807, 2.05) is 38.1 Å². The number of aliphatic imine (C=N–C) groups is 1. The molecule has 0 aromatic heterocycles. The summed E-state index contributed by atoms with van der Waals surface area (Å²) in [7, 11) is 1.60. The highest BCUT2D eigenvalue weighted by atomic mass is 79.9. The summed E-state index contributed by atoms with van der Waals surface area (Å²) in [5, 5.41) is 9.52. The number of ether oxygens (including phenoxy) is 2. The third-order valence-corrected chi connectivity index (χ3v) is 5.84. The van der Waals surface area contributed by atoms with Gasteiger partial charge in [-0.05, 0) is 66.2 Å². The Bertz CT molecular complexity index is 1070. The van der Waals surface area contributed by atoms with Gasteiger partial charge in [0.15, 0.2) is 11.8 Å². The van der Waals surface area contributed by atoms with E-state index in [9.17, 15) is 9.59 Å². The summed E-state index contributed by atoms with van der Waals surface area (Å²) in [5.41, 5.74) is 1.32. The number of amides is 1. The molecule has 3 rings (SSSR count). The zero-order valence-corrected chi connectivity index (χ0v) is 20.3. The van der Waals surface area contributed by atoms with Crippen molar-refractivity contribution in [3.05, 3.63) is 57.4 Å². The third kappa shape index (κ3) is 6.14. The maximum absolute atomic E-state index is 13.2. The number of halogens is 1. The van der Waals surface area contributed by atoms with Crippen molar-refractivity contribution < 1.29 is 24.2 Å². The summed E-state index contributed by atoms with van der Waals surface area (Å²) < 4.78 is 11.4. The lowest BCUT2D eigenvalue weighted by molar-refractivity contribution is -0.139. The van der Waals surface area contributed by atoms with Crippen molar-refractivity contribution in [1.82, 2.24) is 4.90 Å². The second kappa shape index (κ2) is 10.7. The summed E-state index contributed by atoms with van der Waals surface area (Å²) >= 11 is 4.69. The van der Waals surface area contributed by atoms with Crippen LogP contribution >= 0.6 is 27.7 Å². The Labute approximate surface area is 199 Å². The van der Waals surface area contributed by atoms with Crippen molar-refractivity contribution in [2.45, 2.75) is 13.8 Å². The van der Waals surface area contributed by atoms with Gasteiger partial charge in [0.1, 0.15) is 11.5 Å². The number of carboxylic acids is 1. The van der Waals surface area contributed by atoms with Gasteiger partial charge >= 0.3 is 5.97 Å². The molecule has 1 heterocycles. The summed E-state index contributed by atoms with van der Waals surface area (Å²) in [6.07, 6.45) is 1.71. The molecule has 7 nitrogen and oxygen atoms in total. The Hall–Kier alpha value is -2.78. The molecular formula is C23H23BrN2O5S. The van der Waals surface area contributed by atoms with Gasteiger partial charge in [-0.2, -0.15) is 0 Å². The average Bonchev–Trinajstić information content (AvgIpc) is 3.02. The van der Waals surface area contributed by atoms with Crippen LogP contribution in [0.5, 0.6) is 11.5 Å². The highest BCUT2D eigenvalue weighted by Crippen LogP contribution is 2.36. The van der Waals surface area contributed by atoms with Crippen LogP contribution in [0.2, 0.25) is 0 Å². The quantitative estimate of drug-likeness (QED) is 0.484. The molecule has 1 N–H and O–H groups in total. The van der Waals surface area contributed by atoms with E-state index in [2.05, 4.69) is 20.9 Å². The molecule has 32 heavy (non-hydrogen) atoms. The van der Waals surface area contributed by atoms with Gasteiger partial charge in [-0.25, -0.2) is 9.79 Å². The average molecular weight is 519 g/mol. The first-order valence-corrected chi connectivity index (χ1v) is 11.5. The van der Waals surface area contributed by atoms with E-state index in [1.165, 1.54) is 11.8 Å². The summed E-state index contributed by atoms with van der Waals surface area (Å²) in [6, 6.07) is 12.5. The minimum absolute atomic E-state index is 0.153. The Morgan fingerprint density at radius 1 is 1.25 bits per heavy atom. The minimum atomic E-state index is -1.07. The molecule has 168 valence electrons. The lowest BCUT2D eigenvalue weighted by atomic mass is 10.1. The van der Waals surface area contributed by atoms with E-state index in [-0.39, 0.29) is 11.8 Å². The molecule has 0 radical (unpaired) electrons. The first kappa shape index (κ1) is 23.9. The van der Waals surface area contributed by atoms with Gasteiger partial charge in [0.25, 0.3) is 5.91 Å². The number of hydrogen-bond donors (Lipinski definition) is 1. The van der Waals surface area contributed by atoms with Crippen LogP contribution in [0.3, 0.4) is 0 Å².